The lowest BCUT2D eigenvalue weighted by Crippen LogP contribution is -2.31. The summed E-state index contributed by atoms with van der Waals surface area (Å²) >= 11 is 0. The molecule has 94 valence electrons. The second kappa shape index (κ2) is 3.99. The van der Waals surface area contributed by atoms with Gasteiger partial charge in [-0.25, -0.2) is 14.2 Å². The van der Waals surface area contributed by atoms with Gasteiger partial charge in [0.25, 0.3) is 0 Å². The molecule has 0 aliphatic carbocycles. The molecule has 1 aromatic rings. The molecule has 1 aliphatic heterocycles. The van der Waals surface area contributed by atoms with Crippen LogP contribution in [0.2, 0.25) is 0 Å². The van der Waals surface area contributed by atoms with Crippen LogP contribution in [0.3, 0.4) is 0 Å². The lowest BCUT2D eigenvalue weighted by molar-refractivity contribution is -0.0381. The number of hydrogen-bond donors (Lipinski definition) is 1. The van der Waals surface area contributed by atoms with Crippen LogP contribution < -0.4 is 16.1 Å². The molecule has 0 radical (unpaired) electrons. The molecule has 0 aromatic carbocycles. The number of hydrogen-bond acceptors (Lipinski definition) is 5. The minimum atomic E-state index is -0.696. The number of ether oxygens (including phenoxy) is 2. The van der Waals surface area contributed by atoms with Gasteiger partial charge in [-0.2, -0.15) is 0 Å². The molecule has 0 saturated carbocycles. The van der Waals surface area contributed by atoms with Gasteiger partial charge in [0, 0.05) is 0 Å². The molecule has 7 nitrogen and oxygen atoms in total. The zero-order chi connectivity index (χ0) is 12.6. The maximum atomic E-state index is 11.4. The normalized spacial score (nSPS) is 18.9. The predicted octanol–water partition coefficient (Wildman–Crippen LogP) is -0.492. The van der Waals surface area contributed by atoms with E-state index >= 15 is 0 Å². The molecule has 1 aromatic heterocycles. The monoisotopic (exact) mass is 241 g/mol. The Bertz CT molecular complexity index is 526. The maximum absolute atomic E-state index is 11.4. The number of rotatable bonds is 2. The van der Waals surface area contributed by atoms with Gasteiger partial charge in [-0.15, -0.1) is 4.98 Å². The van der Waals surface area contributed by atoms with Gasteiger partial charge in [-0.3, -0.25) is 4.98 Å². The molecule has 7 heteroatoms. The summed E-state index contributed by atoms with van der Waals surface area (Å²) in [6, 6.07) is 0.0567. The van der Waals surface area contributed by atoms with Gasteiger partial charge >= 0.3 is 17.4 Å². The van der Waals surface area contributed by atoms with E-state index in [1.54, 1.807) is 0 Å². The third-order valence-electron chi connectivity index (χ3n) is 2.25. The summed E-state index contributed by atoms with van der Waals surface area (Å²) in [6.45, 7) is 6.49. The zero-order valence-corrected chi connectivity index (χ0v) is 10.0. The molecule has 1 atom stereocenters. The minimum Gasteiger partial charge on any atom is -0.457 e. The van der Waals surface area contributed by atoms with Crippen LogP contribution in [0.15, 0.2) is 9.59 Å². The van der Waals surface area contributed by atoms with Gasteiger partial charge in [0.1, 0.15) is 6.10 Å². The summed E-state index contributed by atoms with van der Waals surface area (Å²) in [6.07, 6.45) is -0.287. The molecule has 1 N–H and O–H groups in total. The van der Waals surface area contributed by atoms with E-state index in [0.29, 0.717) is 13.2 Å². The van der Waals surface area contributed by atoms with Gasteiger partial charge in [-0.05, 0) is 20.8 Å². The summed E-state index contributed by atoms with van der Waals surface area (Å²) < 4.78 is 12.2. The Kier molecular flexibility index (Phi) is 2.78. The Balaban J connectivity index is 2.09. The summed E-state index contributed by atoms with van der Waals surface area (Å²) in [4.78, 5) is 28.1. The Morgan fingerprint density at radius 1 is 1.53 bits per heavy atom. The van der Waals surface area contributed by atoms with Crippen molar-refractivity contribution in [3.63, 3.8) is 0 Å². The Morgan fingerprint density at radius 3 is 2.88 bits per heavy atom. The number of nitrogens with zero attached hydrogens (tertiary/aromatic N) is 2. The smallest absolute Gasteiger partial charge is 0.353 e. The van der Waals surface area contributed by atoms with Crippen molar-refractivity contribution in [1.82, 2.24) is 14.5 Å². The fraction of sp³-hybridized carbons (Fsp3) is 0.700. The largest absolute Gasteiger partial charge is 0.457 e. The Hall–Kier alpha value is -1.63. The third-order valence-corrected chi connectivity index (χ3v) is 2.25. The predicted molar refractivity (Wildman–Crippen MR) is 59.2 cm³/mol. The molecule has 0 saturated heterocycles. The van der Waals surface area contributed by atoms with Crippen molar-refractivity contribution < 1.29 is 9.47 Å². The molecule has 0 fully saturated rings. The van der Waals surface area contributed by atoms with E-state index in [9.17, 15) is 9.59 Å². The van der Waals surface area contributed by atoms with Gasteiger partial charge in [0.15, 0.2) is 0 Å². The Labute approximate surface area is 97.4 Å². The first kappa shape index (κ1) is 11.8. The highest BCUT2D eigenvalue weighted by molar-refractivity contribution is 5.00. The first-order valence-electron chi connectivity index (χ1n) is 5.37. The van der Waals surface area contributed by atoms with Crippen molar-refractivity contribution in [3.05, 3.63) is 21.0 Å². The molecule has 1 aliphatic rings. The summed E-state index contributed by atoms with van der Waals surface area (Å²) in [5.41, 5.74) is -1.47. The molecule has 17 heavy (non-hydrogen) atoms. The fourth-order valence-corrected chi connectivity index (χ4v) is 1.49. The van der Waals surface area contributed by atoms with Crippen molar-refractivity contribution in [1.29, 1.82) is 0 Å². The number of fused-ring (bicyclic) bond motifs is 1. The van der Waals surface area contributed by atoms with Crippen molar-refractivity contribution >= 4 is 0 Å². The van der Waals surface area contributed by atoms with Gasteiger partial charge in [-0.1, -0.05) is 0 Å². The molecular formula is C10H15N3O4. The first-order chi connectivity index (χ1) is 7.85. The Morgan fingerprint density at radius 2 is 2.24 bits per heavy atom. The number of aromatic nitrogens is 3. The van der Waals surface area contributed by atoms with Gasteiger partial charge in [0.05, 0.1) is 18.8 Å². The topological polar surface area (TPSA) is 86.2 Å². The highest BCUT2D eigenvalue weighted by Crippen LogP contribution is 2.16. The first-order valence-corrected chi connectivity index (χ1v) is 5.37. The molecule has 2 rings (SSSR count). The molecular weight excluding hydrogens is 226 g/mol. The van der Waals surface area contributed by atoms with Crippen LogP contribution in [0.4, 0.5) is 0 Å². The summed E-state index contributed by atoms with van der Waals surface area (Å²) in [5, 5.41) is 0. The fourth-order valence-electron chi connectivity index (χ4n) is 1.49. The zero-order valence-electron chi connectivity index (χ0n) is 10.0. The van der Waals surface area contributed by atoms with Crippen LogP contribution in [0.1, 0.15) is 20.8 Å². The molecule has 2 heterocycles. The van der Waals surface area contributed by atoms with Crippen molar-refractivity contribution in [2.24, 2.45) is 0 Å². The van der Waals surface area contributed by atoms with Gasteiger partial charge in [0.2, 0.25) is 0 Å². The van der Waals surface area contributed by atoms with E-state index in [2.05, 4.69) is 9.97 Å². The second-order valence-electron chi connectivity index (χ2n) is 4.90. The number of aromatic amines is 1. The lowest BCUT2D eigenvalue weighted by Gasteiger charge is -2.21. The average molecular weight is 241 g/mol. The van der Waals surface area contributed by atoms with Crippen LogP contribution >= 0.6 is 0 Å². The van der Waals surface area contributed by atoms with Crippen molar-refractivity contribution in [2.75, 3.05) is 6.61 Å². The lowest BCUT2D eigenvalue weighted by atomic mass is 10.2. The van der Waals surface area contributed by atoms with Crippen LogP contribution in [-0.4, -0.2) is 32.8 Å². The highest BCUT2D eigenvalue weighted by Gasteiger charge is 2.27. The van der Waals surface area contributed by atoms with E-state index in [-0.39, 0.29) is 17.7 Å². The van der Waals surface area contributed by atoms with E-state index in [0.717, 1.165) is 0 Å². The highest BCUT2D eigenvalue weighted by atomic mass is 16.6. The molecule has 0 spiro atoms. The maximum Gasteiger partial charge on any atom is 0.353 e. The summed E-state index contributed by atoms with van der Waals surface area (Å²) in [7, 11) is 0. The van der Waals surface area contributed by atoms with Crippen molar-refractivity contribution in [2.45, 2.75) is 39.0 Å². The average Bonchev–Trinajstić information content (AvgIpc) is 2.56. The van der Waals surface area contributed by atoms with E-state index in [1.807, 2.05) is 20.8 Å². The number of H-pyrrole nitrogens is 1. The van der Waals surface area contributed by atoms with Crippen LogP contribution in [0.5, 0.6) is 6.01 Å². The summed E-state index contributed by atoms with van der Waals surface area (Å²) in [5.74, 6) is 0. The van der Waals surface area contributed by atoms with Crippen molar-refractivity contribution in [3.8, 4) is 6.01 Å². The van der Waals surface area contributed by atoms with E-state index in [4.69, 9.17) is 9.47 Å². The van der Waals surface area contributed by atoms with E-state index in [1.165, 1.54) is 4.57 Å². The SMILES string of the molecule is CC(C)(C)OCC1Cn2c(nc(=O)[nH]c2=O)O1. The standard InChI is InChI=1S/C10H15N3O4/c1-10(2,3)16-5-6-4-13-8(15)11-7(14)12-9(13)17-6/h6H,4-5H2,1-3H3,(H,11,14,15). The van der Waals surface area contributed by atoms with E-state index < -0.39 is 11.4 Å². The van der Waals surface area contributed by atoms with Gasteiger partial charge < -0.3 is 9.47 Å². The van der Waals surface area contributed by atoms with Crippen LogP contribution in [0, 0.1) is 0 Å². The second-order valence-corrected chi connectivity index (χ2v) is 4.90. The molecule has 0 bridgehead atoms. The third kappa shape index (κ3) is 2.73. The quantitative estimate of drug-likeness (QED) is 0.755. The molecule has 0 amide bonds. The van der Waals surface area contributed by atoms with Crippen LogP contribution in [-0.2, 0) is 11.3 Å². The van der Waals surface area contributed by atoms with Crippen LogP contribution in [0.25, 0.3) is 0 Å². The molecule has 1 unspecified atom stereocenters. The minimum absolute atomic E-state index is 0.0567. The number of nitrogens with one attached hydrogen (secondary N) is 1.